The monoisotopic (exact) mass is 386 g/mol. The van der Waals surface area contributed by atoms with E-state index in [2.05, 4.69) is 6.07 Å². The fraction of sp³-hybridized carbons (Fsp3) is 0.591. The lowest BCUT2D eigenvalue weighted by Gasteiger charge is -2.39. The van der Waals surface area contributed by atoms with Gasteiger partial charge in [0.2, 0.25) is 0 Å². The fourth-order valence-electron chi connectivity index (χ4n) is 4.67. The van der Waals surface area contributed by atoms with Gasteiger partial charge in [-0.05, 0) is 31.7 Å². The van der Waals surface area contributed by atoms with Crippen LogP contribution in [0, 0.1) is 17.1 Å². The van der Waals surface area contributed by atoms with Gasteiger partial charge >= 0.3 is 5.97 Å². The van der Waals surface area contributed by atoms with E-state index in [1.165, 1.54) is 11.0 Å². The van der Waals surface area contributed by atoms with Crippen molar-refractivity contribution in [1.29, 1.82) is 5.26 Å². The molecule has 2 aliphatic rings. The van der Waals surface area contributed by atoms with Crippen LogP contribution in [0.5, 0.6) is 0 Å². The van der Waals surface area contributed by atoms with Crippen LogP contribution in [0.15, 0.2) is 24.3 Å². The Hall–Kier alpha value is -2.42. The molecule has 0 unspecified atom stereocenters. The predicted octanol–water partition coefficient (Wildman–Crippen LogP) is 3.87. The average molecular weight is 386 g/mol. The minimum Gasteiger partial charge on any atom is -0.455 e. The molecule has 0 atom stereocenters. The molecule has 1 aromatic carbocycles. The molecule has 0 bridgehead atoms. The Bertz CT molecular complexity index is 774. The Kier molecular flexibility index (Phi) is 6.02. The summed E-state index contributed by atoms with van der Waals surface area (Å²) in [4.78, 5) is 27.0. The molecule has 2 fully saturated rings. The van der Waals surface area contributed by atoms with Gasteiger partial charge in [0.25, 0.3) is 5.91 Å². The maximum Gasteiger partial charge on any atom is 0.317 e. The lowest BCUT2D eigenvalue weighted by molar-refractivity contribution is -0.158. The fourth-order valence-corrected chi connectivity index (χ4v) is 4.67. The molecule has 0 heterocycles. The van der Waals surface area contributed by atoms with Gasteiger partial charge in [-0.1, -0.05) is 50.3 Å². The number of nitrogens with zero attached hydrogens (tertiary/aromatic N) is 2. The summed E-state index contributed by atoms with van der Waals surface area (Å²) >= 11 is 0. The predicted molar refractivity (Wildman–Crippen MR) is 102 cm³/mol. The molecule has 3 rings (SSSR count). The number of carbonyl (C=O) groups excluding carboxylic acids is 2. The van der Waals surface area contributed by atoms with Gasteiger partial charge in [0.1, 0.15) is 11.4 Å². The molecule has 1 aromatic rings. The molecule has 28 heavy (non-hydrogen) atoms. The third kappa shape index (κ3) is 3.63. The zero-order valence-corrected chi connectivity index (χ0v) is 16.4. The van der Waals surface area contributed by atoms with E-state index in [-0.39, 0.29) is 0 Å². The van der Waals surface area contributed by atoms with Crippen molar-refractivity contribution in [3.63, 3.8) is 0 Å². The van der Waals surface area contributed by atoms with Gasteiger partial charge < -0.3 is 9.64 Å². The summed E-state index contributed by atoms with van der Waals surface area (Å²) in [7, 11) is 1.60. The van der Waals surface area contributed by atoms with Gasteiger partial charge in [-0.2, -0.15) is 5.26 Å². The van der Waals surface area contributed by atoms with Crippen molar-refractivity contribution < 1.29 is 18.7 Å². The number of nitriles is 1. The van der Waals surface area contributed by atoms with Crippen LogP contribution < -0.4 is 0 Å². The Labute approximate surface area is 165 Å². The highest BCUT2D eigenvalue weighted by molar-refractivity contribution is 5.87. The second-order valence-corrected chi connectivity index (χ2v) is 8.00. The Balaban J connectivity index is 1.71. The number of likely N-dealkylation sites (N-methyl/N-ethyl adjacent to an activating group) is 1. The van der Waals surface area contributed by atoms with E-state index < -0.39 is 35.3 Å². The van der Waals surface area contributed by atoms with Crippen LogP contribution >= 0.6 is 0 Å². The molecular weight excluding hydrogens is 359 g/mol. The number of benzene rings is 1. The first-order chi connectivity index (χ1) is 13.4. The summed E-state index contributed by atoms with van der Waals surface area (Å²) in [5, 5.41) is 9.64. The summed E-state index contributed by atoms with van der Waals surface area (Å²) in [6.07, 6.45) is 6.80. The minimum absolute atomic E-state index is 0.346. The van der Waals surface area contributed by atoms with Crippen molar-refractivity contribution in [2.24, 2.45) is 0 Å². The molecule has 0 N–H and O–H groups in total. The van der Waals surface area contributed by atoms with Gasteiger partial charge in [0.05, 0.1) is 11.5 Å². The van der Waals surface area contributed by atoms with Crippen molar-refractivity contribution in [2.75, 3.05) is 13.7 Å². The van der Waals surface area contributed by atoms with Gasteiger partial charge in [0, 0.05) is 12.6 Å². The quantitative estimate of drug-likeness (QED) is 0.721. The molecule has 0 aliphatic heterocycles. The van der Waals surface area contributed by atoms with E-state index in [0.29, 0.717) is 31.2 Å². The maximum atomic E-state index is 14.4. The summed E-state index contributed by atoms with van der Waals surface area (Å²) in [6.45, 7) is -0.422. The minimum atomic E-state index is -1.03. The van der Waals surface area contributed by atoms with Crippen molar-refractivity contribution >= 4 is 11.9 Å². The third-order valence-corrected chi connectivity index (χ3v) is 6.47. The van der Waals surface area contributed by atoms with Crippen LogP contribution in [0.1, 0.15) is 63.4 Å². The topological polar surface area (TPSA) is 70.4 Å². The van der Waals surface area contributed by atoms with Gasteiger partial charge in [-0.3, -0.25) is 9.59 Å². The number of rotatable bonds is 5. The normalized spacial score (nSPS) is 20.2. The highest BCUT2D eigenvalue weighted by atomic mass is 19.1. The highest BCUT2D eigenvalue weighted by Gasteiger charge is 2.46. The summed E-state index contributed by atoms with van der Waals surface area (Å²) in [5.41, 5.74) is -1.50. The standard InChI is InChI=1S/C22H27FN2O3/c1-25(21(16-24)11-5-2-6-12-21)19(26)15-28-20(27)22(13-7-8-14-22)17-9-3-4-10-18(17)23/h3-4,9-10H,2,5-8,11-15H2,1H3. The molecule has 5 nitrogen and oxygen atoms in total. The molecule has 0 aromatic heterocycles. The summed E-state index contributed by atoms with van der Waals surface area (Å²) in [5.74, 6) is -1.36. The SMILES string of the molecule is CN(C(=O)COC(=O)C1(c2ccccc2F)CCCC1)C1(C#N)CCCCC1. The lowest BCUT2D eigenvalue weighted by Crippen LogP contribution is -2.51. The molecule has 0 saturated heterocycles. The van der Waals surface area contributed by atoms with E-state index >= 15 is 0 Å². The summed E-state index contributed by atoms with van der Waals surface area (Å²) in [6, 6.07) is 8.58. The number of esters is 1. The molecule has 150 valence electrons. The van der Waals surface area contributed by atoms with Crippen molar-refractivity contribution in [3.05, 3.63) is 35.6 Å². The molecule has 0 radical (unpaired) electrons. The largest absolute Gasteiger partial charge is 0.455 e. The first-order valence-corrected chi connectivity index (χ1v) is 10.1. The van der Waals surface area contributed by atoms with Crippen LogP contribution in [-0.4, -0.2) is 36.0 Å². The smallest absolute Gasteiger partial charge is 0.317 e. The molecule has 6 heteroatoms. The van der Waals surface area contributed by atoms with E-state index in [0.717, 1.165) is 32.1 Å². The Morgan fingerprint density at radius 2 is 1.71 bits per heavy atom. The molecular formula is C22H27FN2O3. The Morgan fingerprint density at radius 3 is 2.32 bits per heavy atom. The van der Waals surface area contributed by atoms with Crippen LogP contribution in [0.3, 0.4) is 0 Å². The van der Waals surface area contributed by atoms with E-state index in [9.17, 15) is 19.2 Å². The third-order valence-electron chi connectivity index (χ3n) is 6.47. The zero-order chi connectivity index (χ0) is 20.2. The molecule has 2 saturated carbocycles. The van der Waals surface area contributed by atoms with Crippen molar-refractivity contribution in [1.82, 2.24) is 4.90 Å². The second-order valence-electron chi connectivity index (χ2n) is 8.00. The molecule has 1 amide bonds. The van der Waals surface area contributed by atoms with Crippen LogP contribution in [0.2, 0.25) is 0 Å². The second kappa shape index (κ2) is 8.30. The first-order valence-electron chi connectivity index (χ1n) is 10.1. The Morgan fingerprint density at radius 1 is 1.11 bits per heavy atom. The van der Waals surface area contributed by atoms with Gasteiger partial charge in [-0.15, -0.1) is 0 Å². The van der Waals surface area contributed by atoms with Crippen LogP contribution in [0.4, 0.5) is 4.39 Å². The van der Waals surface area contributed by atoms with E-state index in [4.69, 9.17) is 4.74 Å². The number of amides is 1. The van der Waals surface area contributed by atoms with Gasteiger partial charge in [0.15, 0.2) is 6.61 Å². The lowest BCUT2D eigenvalue weighted by atomic mass is 9.78. The van der Waals surface area contributed by atoms with E-state index in [1.54, 1.807) is 25.2 Å². The van der Waals surface area contributed by atoms with E-state index in [1.807, 2.05) is 0 Å². The first kappa shape index (κ1) is 20.3. The number of hydrogen-bond donors (Lipinski definition) is 0. The van der Waals surface area contributed by atoms with Crippen molar-refractivity contribution in [3.8, 4) is 6.07 Å². The molecule has 2 aliphatic carbocycles. The summed E-state index contributed by atoms with van der Waals surface area (Å²) < 4.78 is 19.8. The number of ether oxygens (including phenoxy) is 1. The van der Waals surface area contributed by atoms with Crippen molar-refractivity contribution in [2.45, 2.75) is 68.7 Å². The van der Waals surface area contributed by atoms with Crippen LogP contribution in [-0.2, 0) is 19.7 Å². The molecule has 0 spiro atoms. The number of halogens is 1. The zero-order valence-electron chi connectivity index (χ0n) is 16.4. The van der Waals surface area contributed by atoms with Crippen LogP contribution in [0.25, 0.3) is 0 Å². The van der Waals surface area contributed by atoms with Gasteiger partial charge in [-0.25, -0.2) is 4.39 Å². The highest BCUT2D eigenvalue weighted by Crippen LogP contribution is 2.43. The number of carbonyl (C=O) groups is 2. The number of hydrogen-bond acceptors (Lipinski definition) is 4. The average Bonchev–Trinajstić information content (AvgIpc) is 3.23. The maximum absolute atomic E-state index is 14.4.